The first kappa shape index (κ1) is 25.2. The topological polar surface area (TPSA) is 58.6 Å². The molecule has 0 spiro atoms. The predicted octanol–water partition coefficient (Wildman–Crippen LogP) is 6.74. The van der Waals surface area contributed by atoms with Crippen LogP contribution >= 0.6 is 39.9 Å². The monoisotopic (exact) mass is 566 g/mol. The number of thiocarbonyl (C=S) groups is 1. The van der Waals surface area contributed by atoms with Crippen molar-refractivity contribution in [3.05, 3.63) is 98.9 Å². The summed E-state index contributed by atoms with van der Waals surface area (Å²) in [5.41, 5.74) is 3.63. The van der Waals surface area contributed by atoms with Crippen molar-refractivity contribution in [1.82, 2.24) is 4.90 Å². The van der Waals surface area contributed by atoms with Crippen LogP contribution < -0.4 is 10.1 Å². The molecule has 1 aliphatic rings. The first-order valence-corrected chi connectivity index (χ1v) is 12.9. The van der Waals surface area contributed by atoms with Crippen molar-refractivity contribution in [2.24, 2.45) is 0 Å². The number of hydrogen-bond donors (Lipinski definition) is 1. The van der Waals surface area contributed by atoms with Gasteiger partial charge in [-0.1, -0.05) is 82.4 Å². The second-order valence-corrected chi connectivity index (χ2v) is 10.5. The summed E-state index contributed by atoms with van der Waals surface area (Å²) in [6.07, 6.45) is 1.82. The average molecular weight is 568 g/mol. The van der Waals surface area contributed by atoms with E-state index in [1.54, 1.807) is 17.0 Å². The molecule has 178 valence electrons. The number of hydrogen-bond acceptors (Lipinski definition) is 5. The van der Waals surface area contributed by atoms with Crippen LogP contribution in [0.25, 0.3) is 6.08 Å². The number of halogens is 1. The van der Waals surface area contributed by atoms with Gasteiger partial charge in [-0.15, -0.1) is 0 Å². The summed E-state index contributed by atoms with van der Waals surface area (Å²) in [6, 6.07) is 22.5. The Morgan fingerprint density at radius 3 is 2.54 bits per heavy atom. The number of aryl methyl sites for hydroxylation is 1. The van der Waals surface area contributed by atoms with Crippen molar-refractivity contribution in [2.45, 2.75) is 19.9 Å². The number of rotatable bonds is 7. The maximum atomic E-state index is 13.0. The van der Waals surface area contributed by atoms with E-state index in [9.17, 15) is 9.59 Å². The van der Waals surface area contributed by atoms with Crippen molar-refractivity contribution >= 4 is 67.8 Å². The number of benzene rings is 3. The molecule has 3 aromatic carbocycles. The molecule has 1 heterocycles. The molecule has 2 amide bonds. The van der Waals surface area contributed by atoms with Crippen LogP contribution in [0.5, 0.6) is 5.75 Å². The van der Waals surface area contributed by atoms with Crippen LogP contribution in [0.15, 0.2) is 82.2 Å². The highest BCUT2D eigenvalue weighted by molar-refractivity contribution is 9.10. The van der Waals surface area contributed by atoms with E-state index >= 15 is 0 Å². The molecule has 1 atom stereocenters. The molecule has 3 aromatic rings. The van der Waals surface area contributed by atoms with Gasteiger partial charge < -0.3 is 10.1 Å². The lowest BCUT2D eigenvalue weighted by Crippen LogP contribution is -2.30. The van der Waals surface area contributed by atoms with Crippen LogP contribution in [0.1, 0.15) is 29.7 Å². The SMILES string of the molecule is Cc1cc(NC(=O)COc2ccc(/C=C3\SC(=S)N([C@H](C)c4ccccc4)C3=O)cc2)ccc1Br. The number of nitrogens with one attached hydrogen (secondary N) is 1. The fourth-order valence-corrected chi connectivity index (χ4v) is 5.24. The predicted molar refractivity (Wildman–Crippen MR) is 149 cm³/mol. The minimum absolute atomic E-state index is 0.100. The third-order valence-electron chi connectivity index (χ3n) is 5.48. The third kappa shape index (κ3) is 6.20. The summed E-state index contributed by atoms with van der Waals surface area (Å²) in [5.74, 6) is 0.220. The largest absolute Gasteiger partial charge is 0.484 e. The van der Waals surface area contributed by atoms with Crippen molar-refractivity contribution in [3.63, 3.8) is 0 Å². The Kier molecular flexibility index (Phi) is 8.05. The summed E-state index contributed by atoms with van der Waals surface area (Å²) in [4.78, 5) is 27.5. The molecule has 0 aromatic heterocycles. The quantitative estimate of drug-likeness (QED) is 0.253. The smallest absolute Gasteiger partial charge is 0.266 e. The minimum Gasteiger partial charge on any atom is -0.484 e. The van der Waals surface area contributed by atoms with Gasteiger partial charge in [0.1, 0.15) is 10.1 Å². The van der Waals surface area contributed by atoms with Crippen molar-refractivity contribution in [1.29, 1.82) is 0 Å². The molecule has 1 saturated heterocycles. The summed E-state index contributed by atoms with van der Waals surface area (Å²) in [7, 11) is 0. The van der Waals surface area contributed by atoms with Gasteiger partial charge in [-0.2, -0.15) is 0 Å². The third-order valence-corrected chi connectivity index (χ3v) is 7.70. The highest BCUT2D eigenvalue weighted by Gasteiger charge is 2.35. The van der Waals surface area contributed by atoms with E-state index in [4.69, 9.17) is 17.0 Å². The molecule has 0 saturated carbocycles. The second kappa shape index (κ2) is 11.2. The molecule has 0 radical (unpaired) electrons. The van der Waals surface area contributed by atoms with Crippen molar-refractivity contribution < 1.29 is 14.3 Å². The first-order chi connectivity index (χ1) is 16.8. The Morgan fingerprint density at radius 2 is 1.86 bits per heavy atom. The van der Waals surface area contributed by atoms with Crippen LogP contribution in [0, 0.1) is 6.92 Å². The van der Waals surface area contributed by atoms with Crippen LogP contribution in [0.3, 0.4) is 0 Å². The zero-order valence-corrected chi connectivity index (χ0v) is 22.4. The number of nitrogens with zero attached hydrogens (tertiary/aromatic N) is 1. The van der Waals surface area contributed by atoms with Crippen molar-refractivity contribution in [2.75, 3.05) is 11.9 Å². The second-order valence-electron chi connectivity index (χ2n) is 8.01. The minimum atomic E-state index is -0.244. The number of amides is 2. The standard InChI is InChI=1S/C27H23BrN2O3S2/c1-17-14-21(10-13-23(17)28)29-25(31)16-33-22-11-8-19(9-12-22)15-24-26(32)30(27(34)35-24)18(2)20-6-4-3-5-7-20/h3-15,18H,16H2,1-2H3,(H,29,31)/b24-15-/t18-/m1/s1. The Bertz CT molecular complexity index is 1290. The number of thioether (sulfide) groups is 1. The molecule has 0 bridgehead atoms. The van der Waals surface area contributed by atoms with E-state index in [1.807, 2.05) is 80.6 Å². The van der Waals surface area contributed by atoms with Crippen LogP contribution in [-0.2, 0) is 9.59 Å². The number of ether oxygens (including phenoxy) is 1. The van der Waals surface area contributed by atoms with E-state index in [0.717, 1.165) is 21.2 Å². The lowest BCUT2D eigenvalue weighted by Gasteiger charge is -2.23. The first-order valence-electron chi connectivity index (χ1n) is 10.9. The van der Waals surface area contributed by atoms with Gasteiger partial charge in [-0.25, -0.2) is 0 Å². The molecule has 0 unspecified atom stereocenters. The van der Waals surface area contributed by atoms with Gasteiger partial charge in [0.15, 0.2) is 6.61 Å². The molecule has 1 fully saturated rings. The van der Waals surface area contributed by atoms with E-state index in [-0.39, 0.29) is 24.5 Å². The Labute approximate surface area is 222 Å². The highest BCUT2D eigenvalue weighted by Crippen LogP contribution is 2.38. The molecule has 0 aliphatic carbocycles. The van der Waals surface area contributed by atoms with Gasteiger partial charge in [0.05, 0.1) is 10.9 Å². The summed E-state index contributed by atoms with van der Waals surface area (Å²) in [6.45, 7) is 3.83. The van der Waals surface area contributed by atoms with Crippen LogP contribution in [0.2, 0.25) is 0 Å². The molecule has 35 heavy (non-hydrogen) atoms. The highest BCUT2D eigenvalue weighted by atomic mass is 79.9. The van der Waals surface area contributed by atoms with Gasteiger partial charge >= 0.3 is 0 Å². The van der Waals surface area contributed by atoms with Crippen LogP contribution in [-0.4, -0.2) is 27.6 Å². The Morgan fingerprint density at radius 1 is 1.14 bits per heavy atom. The van der Waals surface area contributed by atoms with E-state index < -0.39 is 0 Å². The fourth-order valence-electron chi connectivity index (χ4n) is 3.57. The fraction of sp³-hybridized carbons (Fsp3) is 0.148. The van der Waals surface area contributed by atoms with Gasteiger partial charge in [0, 0.05) is 10.2 Å². The molecule has 8 heteroatoms. The Balaban J connectivity index is 1.35. The molecule has 1 aliphatic heterocycles. The molecular weight excluding hydrogens is 544 g/mol. The molecule has 4 rings (SSSR count). The Hall–Kier alpha value is -2.94. The lowest BCUT2D eigenvalue weighted by atomic mass is 10.1. The molecule has 5 nitrogen and oxygen atoms in total. The van der Waals surface area contributed by atoms with Crippen molar-refractivity contribution in [3.8, 4) is 5.75 Å². The van der Waals surface area contributed by atoms with Crippen LogP contribution in [0.4, 0.5) is 5.69 Å². The van der Waals surface area contributed by atoms with Gasteiger partial charge in [0.2, 0.25) is 0 Å². The lowest BCUT2D eigenvalue weighted by molar-refractivity contribution is -0.123. The van der Waals surface area contributed by atoms with E-state index in [1.165, 1.54) is 11.8 Å². The van der Waals surface area contributed by atoms with Gasteiger partial charge in [0.25, 0.3) is 11.8 Å². The summed E-state index contributed by atoms with van der Waals surface area (Å²) in [5, 5.41) is 2.82. The maximum absolute atomic E-state index is 13.0. The number of carbonyl (C=O) groups is 2. The van der Waals surface area contributed by atoms with Gasteiger partial charge in [-0.3, -0.25) is 14.5 Å². The average Bonchev–Trinajstić information content (AvgIpc) is 3.13. The molecular formula is C27H23BrN2O3S2. The maximum Gasteiger partial charge on any atom is 0.266 e. The zero-order valence-electron chi connectivity index (χ0n) is 19.2. The van der Waals surface area contributed by atoms with E-state index in [0.29, 0.717) is 20.7 Å². The van der Waals surface area contributed by atoms with Gasteiger partial charge in [-0.05, 0) is 66.9 Å². The number of carbonyl (C=O) groups excluding carboxylic acids is 2. The zero-order chi connectivity index (χ0) is 24.9. The molecule has 1 N–H and O–H groups in total. The van der Waals surface area contributed by atoms with E-state index in [2.05, 4.69) is 21.2 Å². The normalized spacial score (nSPS) is 15.4. The summed E-state index contributed by atoms with van der Waals surface area (Å²) < 4.78 is 7.14. The summed E-state index contributed by atoms with van der Waals surface area (Å²) >= 11 is 10.2. The number of anilines is 1.